The number of rotatable bonds is 5. The van der Waals surface area contributed by atoms with Crippen molar-refractivity contribution in [2.75, 3.05) is 6.61 Å². The second-order valence-electron chi connectivity index (χ2n) is 4.19. The van der Waals surface area contributed by atoms with Gasteiger partial charge in [0.05, 0.1) is 19.1 Å². The van der Waals surface area contributed by atoms with Gasteiger partial charge in [0, 0.05) is 0 Å². The molecule has 0 amide bonds. The number of alkyl halides is 1. The standard InChI is InChI=1S/C14H15FO3/c1-2-11-12(18-14(16)13(11)15)9-17-8-10-6-4-3-5-7-10/h2-7,11-13H,1,8-9H2/t11-,12-,13-/m1/s1. The quantitative estimate of drug-likeness (QED) is 0.594. The Kier molecular flexibility index (Phi) is 4.10. The topological polar surface area (TPSA) is 35.5 Å². The number of ether oxygens (including phenoxy) is 2. The molecule has 3 atom stereocenters. The minimum absolute atomic E-state index is 0.178. The van der Waals surface area contributed by atoms with Crippen molar-refractivity contribution < 1.29 is 18.7 Å². The Morgan fingerprint density at radius 2 is 2.11 bits per heavy atom. The first-order chi connectivity index (χ1) is 8.72. The van der Waals surface area contributed by atoms with Crippen LogP contribution < -0.4 is 0 Å². The van der Waals surface area contributed by atoms with Crippen LogP contribution in [0.15, 0.2) is 43.0 Å². The van der Waals surface area contributed by atoms with Gasteiger partial charge in [-0.1, -0.05) is 36.4 Å². The van der Waals surface area contributed by atoms with E-state index in [-0.39, 0.29) is 6.61 Å². The molecule has 1 fully saturated rings. The van der Waals surface area contributed by atoms with Crippen molar-refractivity contribution in [2.45, 2.75) is 18.9 Å². The third-order valence-electron chi connectivity index (χ3n) is 2.93. The SMILES string of the molecule is C=C[C@@H]1[C@@H](COCc2ccccc2)OC(=O)[C@@H]1F. The highest BCUT2D eigenvalue weighted by molar-refractivity contribution is 5.77. The maximum atomic E-state index is 13.4. The Bertz CT molecular complexity index is 418. The number of benzene rings is 1. The minimum Gasteiger partial charge on any atom is -0.457 e. The number of hydrogen-bond acceptors (Lipinski definition) is 3. The van der Waals surface area contributed by atoms with Gasteiger partial charge in [0.25, 0.3) is 0 Å². The first-order valence-corrected chi connectivity index (χ1v) is 5.81. The van der Waals surface area contributed by atoms with Crippen LogP contribution in [-0.2, 0) is 20.9 Å². The van der Waals surface area contributed by atoms with E-state index in [2.05, 4.69) is 6.58 Å². The van der Waals surface area contributed by atoms with Gasteiger partial charge in [-0.25, -0.2) is 9.18 Å². The average molecular weight is 250 g/mol. The van der Waals surface area contributed by atoms with Gasteiger partial charge in [-0.3, -0.25) is 0 Å². The van der Waals surface area contributed by atoms with Gasteiger partial charge in [-0.15, -0.1) is 6.58 Å². The number of hydrogen-bond donors (Lipinski definition) is 0. The molecule has 1 saturated heterocycles. The van der Waals surface area contributed by atoms with Crippen LogP contribution in [0.1, 0.15) is 5.56 Å². The van der Waals surface area contributed by atoms with Crippen LogP contribution in [0, 0.1) is 5.92 Å². The fourth-order valence-corrected chi connectivity index (χ4v) is 1.92. The Morgan fingerprint density at radius 3 is 2.78 bits per heavy atom. The van der Waals surface area contributed by atoms with E-state index >= 15 is 0 Å². The molecule has 1 aromatic rings. The first-order valence-electron chi connectivity index (χ1n) is 5.81. The lowest BCUT2D eigenvalue weighted by molar-refractivity contribution is -0.146. The molecule has 18 heavy (non-hydrogen) atoms. The number of carbonyl (C=O) groups is 1. The van der Waals surface area contributed by atoms with Crippen LogP contribution in [0.25, 0.3) is 0 Å². The smallest absolute Gasteiger partial charge is 0.341 e. The molecule has 4 heteroatoms. The highest BCUT2D eigenvalue weighted by Gasteiger charge is 2.43. The van der Waals surface area contributed by atoms with Crippen molar-refractivity contribution in [3.8, 4) is 0 Å². The number of esters is 1. The van der Waals surface area contributed by atoms with Crippen molar-refractivity contribution in [2.24, 2.45) is 5.92 Å². The molecular weight excluding hydrogens is 235 g/mol. The third-order valence-corrected chi connectivity index (χ3v) is 2.93. The van der Waals surface area contributed by atoms with Crippen molar-refractivity contribution in [1.82, 2.24) is 0 Å². The number of carbonyl (C=O) groups excluding carboxylic acids is 1. The maximum absolute atomic E-state index is 13.4. The molecule has 1 aliphatic rings. The van der Waals surface area contributed by atoms with Crippen molar-refractivity contribution >= 4 is 5.97 Å². The van der Waals surface area contributed by atoms with E-state index in [0.29, 0.717) is 6.61 Å². The molecule has 0 unspecified atom stereocenters. The molecule has 0 spiro atoms. The van der Waals surface area contributed by atoms with E-state index in [4.69, 9.17) is 9.47 Å². The van der Waals surface area contributed by atoms with Gasteiger partial charge in [-0.2, -0.15) is 0 Å². The Labute approximate surface area is 105 Å². The Hall–Kier alpha value is -1.68. The fourth-order valence-electron chi connectivity index (χ4n) is 1.92. The lowest BCUT2D eigenvalue weighted by Crippen LogP contribution is -2.24. The van der Waals surface area contributed by atoms with E-state index in [1.807, 2.05) is 30.3 Å². The molecule has 2 rings (SSSR count). The summed E-state index contributed by atoms with van der Waals surface area (Å²) in [6, 6.07) is 9.62. The molecule has 0 N–H and O–H groups in total. The number of halogens is 1. The van der Waals surface area contributed by atoms with Crippen LogP contribution in [0.5, 0.6) is 0 Å². The predicted octanol–water partition coefficient (Wildman–Crippen LogP) is 2.27. The maximum Gasteiger partial charge on any atom is 0.341 e. The van der Waals surface area contributed by atoms with Crippen molar-refractivity contribution in [3.05, 3.63) is 48.6 Å². The summed E-state index contributed by atoms with van der Waals surface area (Å²) < 4.78 is 23.7. The van der Waals surface area contributed by atoms with E-state index in [1.54, 1.807) is 0 Å². The molecular formula is C14H15FO3. The summed E-state index contributed by atoms with van der Waals surface area (Å²) in [5.74, 6) is -1.44. The Morgan fingerprint density at radius 1 is 1.39 bits per heavy atom. The number of cyclic esters (lactones) is 1. The monoisotopic (exact) mass is 250 g/mol. The van der Waals surface area contributed by atoms with Crippen molar-refractivity contribution in [3.63, 3.8) is 0 Å². The minimum atomic E-state index is -1.62. The summed E-state index contributed by atoms with van der Waals surface area (Å²) in [7, 11) is 0. The van der Waals surface area contributed by atoms with Gasteiger partial charge in [0.1, 0.15) is 6.10 Å². The molecule has 0 bridgehead atoms. The normalized spacial score (nSPS) is 26.9. The van der Waals surface area contributed by atoms with Crippen LogP contribution >= 0.6 is 0 Å². The largest absolute Gasteiger partial charge is 0.457 e. The highest BCUT2D eigenvalue weighted by atomic mass is 19.1. The summed E-state index contributed by atoms with van der Waals surface area (Å²) in [4.78, 5) is 11.1. The predicted molar refractivity (Wildman–Crippen MR) is 64.6 cm³/mol. The second-order valence-corrected chi connectivity index (χ2v) is 4.19. The molecule has 0 aliphatic carbocycles. The lowest BCUT2D eigenvalue weighted by atomic mass is 10.0. The molecule has 3 nitrogen and oxygen atoms in total. The van der Waals surface area contributed by atoms with Gasteiger partial charge in [-0.05, 0) is 5.56 Å². The summed E-state index contributed by atoms with van der Waals surface area (Å²) in [5.41, 5.74) is 1.02. The van der Waals surface area contributed by atoms with Gasteiger partial charge in [0.15, 0.2) is 0 Å². The highest BCUT2D eigenvalue weighted by Crippen LogP contribution is 2.26. The van der Waals surface area contributed by atoms with Crippen LogP contribution in [0.3, 0.4) is 0 Å². The van der Waals surface area contributed by atoms with Gasteiger partial charge in [0.2, 0.25) is 6.17 Å². The fraction of sp³-hybridized carbons (Fsp3) is 0.357. The second kappa shape index (κ2) is 5.78. The first kappa shape index (κ1) is 12.8. The van der Waals surface area contributed by atoms with Gasteiger partial charge >= 0.3 is 5.97 Å². The molecule has 1 aliphatic heterocycles. The van der Waals surface area contributed by atoms with Crippen LogP contribution in [-0.4, -0.2) is 24.9 Å². The molecule has 1 aromatic carbocycles. The molecule has 1 heterocycles. The summed E-state index contributed by atoms with van der Waals surface area (Å²) in [6.07, 6.45) is -0.784. The molecule has 0 radical (unpaired) electrons. The summed E-state index contributed by atoms with van der Waals surface area (Å²) in [6.45, 7) is 4.11. The zero-order valence-corrected chi connectivity index (χ0v) is 9.92. The zero-order valence-electron chi connectivity index (χ0n) is 9.92. The summed E-state index contributed by atoms with van der Waals surface area (Å²) >= 11 is 0. The third kappa shape index (κ3) is 2.76. The molecule has 96 valence electrons. The van der Waals surface area contributed by atoms with Crippen LogP contribution in [0.2, 0.25) is 0 Å². The zero-order chi connectivity index (χ0) is 13.0. The lowest BCUT2D eigenvalue weighted by Gasteiger charge is -2.14. The Balaban J connectivity index is 1.83. The van der Waals surface area contributed by atoms with Crippen LogP contribution in [0.4, 0.5) is 4.39 Å². The van der Waals surface area contributed by atoms with E-state index < -0.39 is 24.2 Å². The molecule has 0 aromatic heterocycles. The summed E-state index contributed by atoms with van der Waals surface area (Å²) in [5, 5.41) is 0. The average Bonchev–Trinajstić information content (AvgIpc) is 2.66. The van der Waals surface area contributed by atoms with Gasteiger partial charge < -0.3 is 9.47 Å². The van der Waals surface area contributed by atoms with E-state index in [0.717, 1.165) is 5.56 Å². The molecule has 0 saturated carbocycles. The van der Waals surface area contributed by atoms with E-state index in [1.165, 1.54) is 6.08 Å². The van der Waals surface area contributed by atoms with E-state index in [9.17, 15) is 9.18 Å². The van der Waals surface area contributed by atoms with Crippen molar-refractivity contribution in [1.29, 1.82) is 0 Å².